The summed E-state index contributed by atoms with van der Waals surface area (Å²) < 4.78 is 14.9. The van der Waals surface area contributed by atoms with Crippen molar-refractivity contribution in [3.63, 3.8) is 0 Å². The first kappa shape index (κ1) is 18.0. The van der Waals surface area contributed by atoms with Gasteiger partial charge in [-0.1, -0.05) is 6.08 Å². The minimum Gasteiger partial charge on any atom is -0.497 e. The lowest BCUT2D eigenvalue weighted by molar-refractivity contribution is -0.123. The highest BCUT2D eigenvalue weighted by molar-refractivity contribution is 5.97. The molecule has 0 saturated heterocycles. The number of hydrogen-bond donors (Lipinski definition) is 2. The van der Waals surface area contributed by atoms with Gasteiger partial charge in [-0.25, -0.2) is 9.59 Å². The van der Waals surface area contributed by atoms with Gasteiger partial charge in [0.1, 0.15) is 17.1 Å². The van der Waals surface area contributed by atoms with E-state index in [-0.39, 0.29) is 17.9 Å². The number of carbonyl (C=O) groups is 3. The van der Waals surface area contributed by atoms with E-state index < -0.39 is 24.5 Å². The van der Waals surface area contributed by atoms with Crippen molar-refractivity contribution in [1.82, 2.24) is 10.6 Å². The summed E-state index contributed by atoms with van der Waals surface area (Å²) in [5, 5.41) is 4.35. The van der Waals surface area contributed by atoms with E-state index in [1.807, 2.05) is 5.32 Å². The number of methoxy groups -OCH3 is 2. The van der Waals surface area contributed by atoms with Gasteiger partial charge in [0.15, 0.2) is 6.61 Å². The van der Waals surface area contributed by atoms with E-state index in [9.17, 15) is 14.4 Å². The highest BCUT2D eigenvalue weighted by Crippen LogP contribution is 2.25. The highest BCUT2D eigenvalue weighted by atomic mass is 16.5. The number of amides is 3. The van der Waals surface area contributed by atoms with Gasteiger partial charge in [0, 0.05) is 12.6 Å². The van der Waals surface area contributed by atoms with E-state index in [0.717, 1.165) is 0 Å². The van der Waals surface area contributed by atoms with Crippen molar-refractivity contribution in [1.29, 1.82) is 0 Å². The summed E-state index contributed by atoms with van der Waals surface area (Å²) in [6.07, 6.45) is 1.46. The molecule has 2 N–H and O–H groups in total. The summed E-state index contributed by atoms with van der Waals surface area (Å²) in [5.74, 6) is -0.757. The Morgan fingerprint density at radius 2 is 1.96 bits per heavy atom. The maximum atomic E-state index is 11.9. The van der Waals surface area contributed by atoms with Crippen LogP contribution < -0.4 is 20.1 Å². The third kappa shape index (κ3) is 5.70. The molecule has 1 aromatic carbocycles. The van der Waals surface area contributed by atoms with Gasteiger partial charge in [0.05, 0.1) is 14.2 Å². The van der Waals surface area contributed by atoms with Crippen LogP contribution in [0.1, 0.15) is 10.4 Å². The van der Waals surface area contributed by atoms with Gasteiger partial charge in [0.25, 0.3) is 5.91 Å². The summed E-state index contributed by atoms with van der Waals surface area (Å²) in [6.45, 7) is 3.02. The zero-order valence-corrected chi connectivity index (χ0v) is 12.9. The van der Waals surface area contributed by atoms with Crippen LogP contribution in [0, 0.1) is 0 Å². The summed E-state index contributed by atoms with van der Waals surface area (Å²) in [6, 6.07) is 3.82. The standard InChI is InChI=1S/C15H18N2O6/c1-4-7-16-15(20)17-13(18)9-23-14(19)11-6-5-10(21-2)8-12(11)22-3/h4-6,8H,1,7,9H2,2-3H3,(H2,16,17,18,20). The summed E-state index contributed by atoms with van der Waals surface area (Å²) in [7, 11) is 2.87. The molecule has 1 rings (SSSR count). The van der Waals surface area contributed by atoms with Crippen LogP contribution in [-0.2, 0) is 9.53 Å². The summed E-state index contributed by atoms with van der Waals surface area (Å²) in [5.41, 5.74) is 0.136. The molecule has 124 valence electrons. The van der Waals surface area contributed by atoms with Crippen LogP contribution in [0.2, 0.25) is 0 Å². The predicted molar refractivity (Wildman–Crippen MR) is 81.6 cm³/mol. The third-order valence-electron chi connectivity index (χ3n) is 2.62. The molecule has 0 heterocycles. The Morgan fingerprint density at radius 1 is 1.22 bits per heavy atom. The van der Waals surface area contributed by atoms with E-state index in [2.05, 4.69) is 11.9 Å². The quantitative estimate of drug-likeness (QED) is 0.570. The van der Waals surface area contributed by atoms with Gasteiger partial charge >= 0.3 is 12.0 Å². The van der Waals surface area contributed by atoms with Crippen LogP contribution in [0.4, 0.5) is 4.79 Å². The lowest BCUT2D eigenvalue weighted by Gasteiger charge is -2.10. The zero-order valence-electron chi connectivity index (χ0n) is 12.9. The van der Waals surface area contributed by atoms with Crippen LogP contribution in [0.15, 0.2) is 30.9 Å². The van der Waals surface area contributed by atoms with Gasteiger partial charge in [-0.3, -0.25) is 10.1 Å². The third-order valence-corrected chi connectivity index (χ3v) is 2.62. The van der Waals surface area contributed by atoms with E-state index in [1.165, 1.54) is 32.4 Å². The van der Waals surface area contributed by atoms with E-state index in [1.54, 1.807) is 6.07 Å². The Bertz CT molecular complexity index is 600. The fraction of sp³-hybridized carbons (Fsp3) is 0.267. The fourth-order valence-corrected chi connectivity index (χ4v) is 1.55. The molecule has 0 aromatic heterocycles. The maximum absolute atomic E-state index is 11.9. The SMILES string of the molecule is C=CCNC(=O)NC(=O)COC(=O)c1ccc(OC)cc1OC. The number of hydrogen-bond acceptors (Lipinski definition) is 6. The molecule has 1 aromatic rings. The molecule has 8 heteroatoms. The van der Waals surface area contributed by atoms with Gasteiger partial charge < -0.3 is 19.5 Å². The number of ether oxygens (including phenoxy) is 3. The number of urea groups is 1. The normalized spacial score (nSPS) is 9.48. The van der Waals surface area contributed by atoms with Crippen molar-refractivity contribution in [3.8, 4) is 11.5 Å². The second-order valence-electron chi connectivity index (χ2n) is 4.19. The van der Waals surface area contributed by atoms with Crippen LogP contribution in [0.25, 0.3) is 0 Å². The Hall–Kier alpha value is -3.03. The van der Waals surface area contributed by atoms with Crippen molar-refractivity contribution in [2.24, 2.45) is 0 Å². The van der Waals surface area contributed by atoms with Gasteiger partial charge in [-0.2, -0.15) is 0 Å². The van der Waals surface area contributed by atoms with Gasteiger partial charge in [-0.15, -0.1) is 6.58 Å². The highest BCUT2D eigenvalue weighted by Gasteiger charge is 2.17. The van der Waals surface area contributed by atoms with Crippen LogP contribution >= 0.6 is 0 Å². The first-order valence-corrected chi connectivity index (χ1v) is 6.59. The monoisotopic (exact) mass is 322 g/mol. The second kappa shape index (κ2) is 9.08. The smallest absolute Gasteiger partial charge is 0.342 e. The first-order valence-electron chi connectivity index (χ1n) is 6.59. The molecular weight excluding hydrogens is 304 g/mol. The predicted octanol–water partition coefficient (Wildman–Crippen LogP) is 0.872. The lowest BCUT2D eigenvalue weighted by Crippen LogP contribution is -2.41. The summed E-state index contributed by atoms with van der Waals surface area (Å²) >= 11 is 0. The molecular formula is C15H18N2O6. The molecule has 0 saturated carbocycles. The molecule has 0 bridgehead atoms. The number of nitrogens with one attached hydrogen (secondary N) is 2. The average molecular weight is 322 g/mol. The lowest BCUT2D eigenvalue weighted by atomic mass is 10.2. The number of imide groups is 1. The largest absolute Gasteiger partial charge is 0.497 e. The van der Waals surface area contributed by atoms with Crippen molar-refractivity contribution in [2.45, 2.75) is 0 Å². The van der Waals surface area contributed by atoms with E-state index in [4.69, 9.17) is 14.2 Å². The molecule has 0 aliphatic heterocycles. The average Bonchev–Trinajstić information content (AvgIpc) is 2.57. The van der Waals surface area contributed by atoms with Crippen molar-refractivity contribution in [3.05, 3.63) is 36.4 Å². The van der Waals surface area contributed by atoms with Crippen LogP contribution in [0.5, 0.6) is 11.5 Å². The second-order valence-corrected chi connectivity index (χ2v) is 4.19. The minimum absolute atomic E-state index is 0.136. The van der Waals surface area contributed by atoms with Crippen LogP contribution in [0.3, 0.4) is 0 Å². The zero-order chi connectivity index (χ0) is 17.2. The minimum atomic E-state index is -0.758. The molecule has 0 aliphatic carbocycles. The molecule has 8 nitrogen and oxygen atoms in total. The molecule has 0 atom stereocenters. The molecule has 23 heavy (non-hydrogen) atoms. The molecule has 0 fully saturated rings. The molecule has 0 spiro atoms. The first-order chi connectivity index (χ1) is 11.0. The van der Waals surface area contributed by atoms with Crippen molar-refractivity contribution >= 4 is 17.9 Å². The van der Waals surface area contributed by atoms with E-state index in [0.29, 0.717) is 5.75 Å². The number of carbonyl (C=O) groups excluding carboxylic acids is 3. The number of benzene rings is 1. The number of esters is 1. The van der Waals surface area contributed by atoms with Crippen LogP contribution in [-0.4, -0.2) is 45.3 Å². The summed E-state index contributed by atoms with van der Waals surface area (Å²) in [4.78, 5) is 34.7. The van der Waals surface area contributed by atoms with Gasteiger partial charge in [-0.05, 0) is 12.1 Å². The Labute approximate surface area is 133 Å². The van der Waals surface area contributed by atoms with Crippen molar-refractivity contribution < 1.29 is 28.6 Å². The molecule has 3 amide bonds. The van der Waals surface area contributed by atoms with Crippen molar-refractivity contribution in [2.75, 3.05) is 27.4 Å². The molecule has 0 aliphatic rings. The molecule has 0 unspecified atom stereocenters. The van der Waals surface area contributed by atoms with Gasteiger partial charge in [0.2, 0.25) is 0 Å². The Balaban J connectivity index is 2.58. The van der Waals surface area contributed by atoms with E-state index >= 15 is 0 Å². The fourth-order valence-electron chi connectivity index (χ4n) is 1.55. The Morgan fingerprint density at radius 3 is 2.57 bits per heavy atom. The molecule has 0 radical (unpaired) electrons. The maximum Gasteiger partial charge on any atom is 0.342 e. The Kier molecular flexibility index (Phi) is 7.12. The topological polar surface area (TPSA) is 103 Å². The number of rotatable bonds is 7.